The Morgan fingerprint density at radius 2 is 2.00 bits per heavy atom. The van der Waals surface area contributed by atoms with E-state index in [2.05, 4.69) is 0 Å². The lowest BCUT2D eigenvalue weighted by molar-refractivity contribution is -0.145. The maximum atomic E-state index is 10.2. The van der Waals surface area contributed by atoms with Gasteiger partial charge >= 0.3 is 5.97 Å². The lowest BCUT2D eigenvalue weighted by atomic mass is 10.3. The van der Waals surface area contributed by atoms with E-state index in [9.17, 15) is 4.79 Å². The molecule has 0 aliphatic carbocycles. The number of aliphatic hydroxyl groups is 1. The highest BCUT2D eigenvalue weighted by molar-refractivity contribution is 5.66. The molecule has 0 saturated carbocycles. The van der Waals surface area contributed by atoms with Gasteiger partial charge in [0.1, 0.15) is 0 Å². The molecule has 0 amide bonds. The van der Waals surface area contributed by atoms with Crippen molar-refractivity contribution in [1.29, 1.82) is 0 Å². The van der Waals surface area contributed by atoms with E-state index >= 15 is 0 Å². The first-order valence-electron chi connectivity index (χ1n) is 3.28. The van der Waals surface area contributed by atoms with Crippen molar-refractivity contribution in [1.82, 2.24) is 0 Å². The second-order valence-corrected chi connectivity index (χ2v) is 1.83. The Morgan fingerprint density at radius 1 is 1.60 bits per heavy atom. The number of hydrogen-bond acceptors (Lipinski definition) is 3. The number of carbonyl (C=O) groups is 1. The first-order valence-corrected chi connectivity index (χ1v) is 3.28. The van der Waals surface area contributed by atoms with Gasteiger partial charge in [-0.25, -0.2) is 0 Å². The molecule has 0 radical (unpaired) electrons. The number of aliphatic hydroxyl groups excluding tert-OH is 1. The smallest absolute Gasteiger partial charge is 0.302 e. The zero-order chi connectivity index (χ0) is 8.57. The molecule has 10 heavy (non-hydrogen) atoms. The van der Waals surface area contributed by atoms with Gasteiger partial charge in [-0.1, -0.05) is 6.92 Å². The Kier molecular flexibility index (Phi) is 10.2. The van der Waals surface area contributed by atoms with Crippen LogP contribution in [0.4, 0.5) is 0 Å². The fraction of sp³-hybridized carbons (Fsp3) is 0.857. The van der Waals surface area contributed by atoms with Crippen molar-refractivity contribution in [3.05, 3.63) is 0 Å². The van der Waals surface area contributed by atoms with E-state index in [0.717, 1.165) is 13.5 Å². The number of ether oxygens (including phenoxy) is 1. The fourth-order valence-corrected chi connectivity index (χ4v) is 0.367. The molecule has 0 spiro atoms. The van der Waals surface area contributed by atoms with E-state index in [1.54, 1.807) is 0 Å². The minimum atomic E-state index is -0.195. The molecular formula is C7H16O3. The summed E-state index contributed by atoms with van der Waals surface area (Å²) < 4.78 is 4.76. The average molecular weight is 148 g/mol. The number of rotatable bonds is 2. The molecule has 0 fully saturated rings. The molecule has 3 nitrogen and oxygen atoms in total. The molecule has 0 bridgehead atoms. The maximum absolute atomic E-state index is 10.2. The minimum absolute atomic E-state index is 0.0764. The van der Waals surface area contributed by atoms with E-state index in [4.69, 9.17) is 9.84 Å². The summed E-state index contributed by atoms with van der Waals surface area (Å²) in [5.41, 5.74) is 0. The van der Waals surface area contributed by atoms with E-state index in [1.807, 2.05) is 13.8 Å². The van der Waals surface area contributed by atoms with Gasteiger partial charge in [0.2, 0.25) is 0 Å². The standard InChI is InChI=1S/C6H12O2.CH4O/c1-4-5(2)8-6(3)7;1-2/h5H,4H2,1-3H3;2H,1H3. The summed E-state index contributed by atoms with van der Waals surface area (Å²) in [5, 5.41) is 7.00. The molecule has 0 saturated heterocycles. The van der Waals surface area contributed by atoms with Crippen LogP contribution in [0.15, 0.2) is 0 Å². The molecule has 0 aromatic carbocycles. The summed E-state index contributed by atoms with van der Waals surface area (Å²) in [4.78, 5) is 10.2. The van der Waals surface area contributed by atoms with Gasteiger partial charge in [-0.05, 0) is 13.3 Å². The van der Waals surface area contributed by atoms with Crippen molar-refractivity contribution in [2.24, 2.45) is 0 Å². The Balaban J connectivity index is 0. The summed E-state index contributed by atoms with van der Waals surface area (Å²) in [6.07, 6.45) is 0.965. The molecule has 62 valence electrons. The highest BCUT2D eigenvalue weighted by Gasteiger charge is 1.99. The Hall–Kier alpha value is -0.570. The van der Waals surface area contributed by atoms with Crippen LogP contribution >= 0.6 is 0 Å². The molecule has 1 N–H and O–H groups in total. The Labute approximate surface area is 62.0 Å². The van der Waals surface area contributed by atoms with E-state index < -0.39 is 0 Å². The summed E-state index contributed by atoms with van der Waals surface area (Å²) in [6, 6.07) is 0. The predicted octanol–water partition coefficient (Wildman–Crippen LogP) is 0.956. The van der Waals surface area contributed by atoms with Crippen LogP contribution in [0.25, 0.3) is 0 Å². The fourth-order valence-electron chi connectivity index (χ4n) is 0.367. The molecule has 0 aromatic heterocycles. The molecule has 1 unspecified atom stereocenters. The molecule has 0 rings (SSSR count). The van der Waals surface area contributed by atoms with Gasteiger partial charge in [0.15, 0.2) is 0 Å². The second-order valence-electron chi connectivity index (χ2n) is 1.83. The number of hydrogen-bond donors (Lipinski definition) is 1. The average Bonchev–Trinajstić information content (AvgIpc) is 1.91. The van der Waals surface area contributed by atoms with Gasteiger partial charge in [0.05, 0.1) is 6.10 Å². The van der Waals surface area contributed by atoms with Crippen molar-refractivity contribution in [2.45, 2.75) is 33.3 Å². The third-order valence-corrected chi connectivity index (χ3v) is 0.942. The predicted molar refractivity (Wildman–Crippen MR) is 39.7 cm³/mol. The zero-order valence-electron chi connectivity index (χ0n) is 7.05. The van der Waals surface area contributed by atoms with Crippen LogP contribution in [-0.4, -0.2) is 24.3 Å². The van der Waals surface area contributed by atoms with Crippen LogP contribution in [0.5, 0.6) is 0 Å². The molecule has 0 heterocycles. The summed E-state index contributed by atoms with van der Waals surface area (Å²) in [7, 11) is 1.00. The van der Waals surface area contributed by atoms with Crippen molar-refractivity contribution >= 4 is 5.97 Å². The molecular weight excluding hydrogens is 132 g/mol. The lowest BCUT2D eigenvalue weighted by Gasteiger charge is -2.06. The van der Waals surface area contributed by atoms with Crippen LogP contribution in [-0.2, 0) is 9.53 Å². The lowest BCUT2D eigenvalue weighted by Crippen LogP contribution is -2.09. The summed E-state index contributed by atoms with van der Waals surface area (Å²) in [6.45, 7) is 5.28. The van der Waals surface area contributed by atoms with Gasteiger partial charge in [0.25, 0.3) is 0 Å². The van der Waals surface area contributed by atoms with Crippen LogP contribution in [0.2, 0.25) is 0 Å². The van der Waals surface area contributed by atoms with Crippen molar-refractivity contribution in [3.63, 3.8) is 0 Å². The quantitative estimate of drug-likeness (QED) is 0.593. The van der Waals surface area contributed by atoms with Crippen molar-refractivity contribution < 1.29 is 14.6 Å². The van der Waals surface area contributed by atoms with Gasteiger partial charge in [0, 0.05) is 14.0 Å². The third kappa shape index (κ3) is 10.4. The topological polar surface area (TPSA) is 46.5 Å². The molecule has 0 aliphatic heterocycles. The molecule has 1 atom stereocenters. The van der Waals surface area contributed by atoms with E-state index in [-0.39, 0.29) is 12.1 Å². The summed E-state index contributed by atoms with van der Waals surface area (Å²) >= 11 is 0. The zero-order valence-corrected chi connectivity index (χ0v) is 7.05. The second kappa shape index (κ2) is 8.43. The number of carbonyl (C=O) groups excluding carboxylic acids is 1. The SMILES string of the molecule is CCC(C)OC(C)=O.CO. The highest BCUT2D eigenvalue weighted by atomic mass is 16.5. The van der Waals surface area contributed by atoms with Gasteiger partial charge in [-0.2, -0.15) is 0 Å². The highest BCUT2D eigenvalue weighted by Crippen LogP contribution is 1.94. The van der Waals surface area contributed by atoms with E-state index in [1.165, 1.54) is 6.92 Å². The van der Waals surface area contributed by atoms with Crippen LogP contribution < -0.4 is 0 Å². The Morgan fingerprint density at radius 3 is 2.10 bits per heavy atom. The first-order chi connectivity index (χ1) is 4.66. The Bertz CT molecular complexity index is 80.9. The largest absolute Gasteiger partial charge is 0.463 e. The first kappa shape index (κ1) is 12.1. The van der Waals surface area contributed by atoms with Gasteiger partial charge in [-0.15, -0.1) is 0 Å². The number of esters is 1. The third-order valence-electron chi connectivity index (χ3n) is 0.942. The van der Waals surface area contributed by atoms with Gasteiger partial charge < -0.3 is 9.84 Å². The normalized spacial score (nSPS) is 10.9. The van der Waals surface area contributed by atoms with E-state index in [0.29, 0.717) is 0 Å². The van der Waals surface area contributed by atoms with Gasteiger partial charge in [-0.3, -0.25) is 4.79 Å². The maximum Gasteiger partial charge on any atom is 0.302 e. The van der Waals surface area contributed by atoms with Crippen molar-refractivity contribution in [3.8, 4) is 0 Å². The van der Waals surface area contributed by atoms with Crippen molar-refractivity contribution in [2.75, 3.05) is 7.11 Å². The summed E-state index contributed by atoms with van der Waals surface area (Å²) in [5.74, 6) is -0.195. The van der Waals surface area contributed by atoms with Crippen LogP contribution in [0, 0.1) is 0 Å². The molecule has 3 heteroatoms. The van der Waals surface area contributed by atoms with Crippen LogP contribution in [0.3, 0.4) is 0 Å². The molecule has 0 aromatic rings. The monoisotopic (exact) mass is 148 g/mol. The minimum Gasteiger partial charge on any atom is -0.463 e. The molecule has 0 aliphatic rings. The van der Waals surface area contributed by atoms with Crippen LogP contribution in [0.1, 0.15) is 27.2 Å².